The molecule has 3 N–H and O–H groups in total. The quantitative estimate of drug-likeness (QED) is 0.885. The van der Waals surface area contributed by atoms with Crippen molar-refractivity contribution in [1.82, 2.24) is 5.32 Å². The number of carbonyl (C=O) groups excluding carboxylic acids is 1. The molecule has 0 saturated heterocycles. The van der Waals surface area contributed by atoms with E-state index in [9.17, 15) is 4.79 Å². The van der Waals surface area contributed by atoms with Gasteiger partial charge in [0.2, 0.25) is 0 Å². The fourth-order valence-corrected chi connectivity index (χ4v) is 4.74. The number of hydrogen-bond acceptors (Lipinski definition) is 4. The van der Waals surface area contributed by atoms with Crippen molar-refractivity contribution in [2.75, 3.05) is 13.7 Å². The molecular formula is C20H26N2O3. The average Bonchev–Trinajstić information content (AvgIpc) is 2.61. The first-order valence-electron chi connectivity index (χ1n) is 9.22. The maximum Gasteiger partial charge on any atom is 0.250 e. The highest BCUT2D eigenvalue weighted by Crippen LogP contribution is 2.40. The summed E-state index contributed by atoms with van der Waals surface area (Å²) in [5.41, 5.74) is 7.75. The summed E-state index contributed by atoms with van der Waals surface area (Å²) in [6, 6.07) is 6.27. The predicted octanol–water partition coefficient (Wildman–Crippen LogP) is 2.49. The van der Waals surface area contributed by atoms with Crippen LogP contribution in [0.4, 0.5) is 0 Å². The third kappa shape index (κ3) is 3.13. The second kappa shape index (κ2) is 6.71. The Morgan fingerprint density at radius 1 is 1.28 bits per heavy atom. The Morgan fingerprint density at radius 3 is 2.76 bits per heavy atom. The molecule has 0 spiro atoms. The number of amides is 1. The van der Waals surface area contributed by atoms with E-state index in [1.54, 1.807) is 7.11 Å². The van der Waals surface area contributed by atoms with Gasteiger partial charge in [0.1, 0.15) is 6.61 Å². The van der Waals surface area contributed by atoms with Gasteiger partial charge < -0.3 is 20.5 Å². The van der Waals surface area contributed by atoms with E-state index in [2.05, 4.69) is 5.32 Å². The third-order valence-electron chi connectivity index (χ3n) is 5.90. The molecule has 2 fully saturated rings. The van der Waals surface area contributed by atoms with E-state index in [-0.39, 0.29) is 18.6 Å². The van der Waals surface area contributed by atoms with E-state index in [4.69, 9.17) is 15.2 Å². The molecule has 2 aliphatic carbocycles. The number of para-hydroxylation sites is 1. The topological polar surface area (TPSA) is 73.6 Å². The van der Waals surface area contributed by atoms with E-state index in [1.165, 1.54) is 19.3 Å². The smallest absolute Gasteiger partial charge is 0.250 e. The molecule has 134 valence electrons. The van der Waals surface area contributed by atoms with Crippen molar-refractivity contribution in [3.05, 3.63) is 29.3 Å². The number of rotatable bonds is 3. The first-order chi connectivity index (χ1) is 12.2. The van der Waals surface area contributed by atoms with E-state index in [0.29, 0.717) is 34.9 Å². The van der Waals surface area contributed by atoms with Gasteiger partial charge in [0, 0.05) is 17.6 Å². The minimum absolute atomic E-state index is 0.00848. The first-order valence-corrected chi connectivity index (χ1v) is 9.22. The van der Waals surface area contributed by atoms with Crippen LogP contribution in [0.15, 0.2) is 23.8 Å². The minimum Gasteiger partial charge on any atom is -0.493 e. The highest BCUT2D eigenvalue weighted by molar-refractivity contribution is 5.99. The molecule has 1 aliphatic heterocycles. The predicted molar refractivity (Wildman–Crippen MR) is 96.4 cm³/mol. The molecule has 3 aliphatic rings. The fourth-order valence-electron chi connectivity index (χ4n) is 4.74. The van der Waals surface area contributed by atoms with Crippen LogP contribution >= 0.6 is 0 Å². The molecule has 1 aromatic carbocycles. The number of hydrogen-bond donors (Lipinski definition) is 2. The highest BCUT2D eigenvalue weighted by atomic mass is 16.5. The van der Waals surface area contributed by atoms with Crippen LogP contribution in [0, 0.1) is 11.8 Å². The summed E-state index contributed by atoms with van der Waals surface area (Å²) in [6.45, 7) is 0.279. The normalized spacial score (nSPS) is 30.6. The first kappa shape index (κ1) is 16.5. The number of nitrogens with two attached hydrogens (primary N) is 1. The minimum atomic E-state index is -0.00848. The van der Waals surface area contributed by atoms with Crippen LogP contribution in [0.2, 0.25) is 0 Å². The molecule has 4 rings (SSSR count). The Labute approximate surface area is 148 Å². The van der Waals surface area contributed by atoms with Crippen molar-refractivity contribution in [2.24, 2.45) is 17.6 Å². The molecule has 5 nitrogen and oxygen atoms in total. The number of methoxy groups -OCH3 is 1. The molecule has 1 aromatic rings. The molecule has 1 heterocycles. The summed E-state index contributed by atoms with van der Waals surface area (Å²) < 4.78 is 11.1. The molecule has 0 aromatic heterocycles. The SMILES string of the molecule is COc1cccc2c1OCC(C(=O)NC1C3CCCC1CC(N)C3)=C2. The number of fused-ring (bicyclic) bond motifs is 3. The molecule has 5 heteroatoms. The molecule has 25 heavy (non-hydrogen) atoms. The van der Waals surface area contributed by atoms with Crippen LogP contribution in [0.3, 0.4) is 0 Å². The monoisotopic (exact) mass is 342 g/mol. The Hall–Kier alpha value is -2.01. The van der Waals surface area contributed by atoms with Gasteiger partial charge >= 0.3 is 0 Å². The van der Waals surface area contributed by atoms with Gasteiger partial charge in [-0.1, -0.05) is 18.6 Å². The van der Waals surface area contributed by atoms with Crippen LogP contribution in [-0.2, 0) is 4.79 Å². The maximum atomic E-state index is 12.8. The van der Waals surface area contributed by atoms with Gasteiger partial charge in [0.25, 0.3) is 5.91 Å². The van der Waals surface area contributed by atoms with Gasteiger partial charge in [-0.05, 0) is 49.7 Å². The van der Waals surface area contributed by atoms with Crippen molar-refractivity contribution in [3.63, 3.8) is 0 Å². The van der Waals surface area contributed by atoms with Crippen molar-refractivity contribution >= 4 is 12.0 Å². The number of carbonyl (C=O) groups is 1. The molecule has 0 radical (unpaired) electrons. The average molecular weight is 342 g/mol. The molecule has 2 saturated carbocycles. The van der Waals surface area contributed by atoms with Crippen molar-refractivity contribution in [2.45, 2.75) is 44.2 Å². The summed E-state index contributed by atoms with van der Waals surface area (Å²) in [5, 5.41) is 3.30. The van der Waals surface area contributed by atoms with E-state index < -0.39 is 0 Å². The van der Waals surface area contributed by atoms with Crippen LogP contribution in [-0.4, -0.2) is 31.7 Å². The molecule has 2 unspecified atom stereocenters. The van der Waals surface area contributed by atoms with Crippen molar-refractivity contribution < 1.29 is 14.3 Å². The van der Waals surface area contributed by atoms with Gasteiger partial charge in [-0.15, -0.1) is 0 Å². The standard InChI is InChI=1S/C20H26N2O3/c1-24-17-7-3-6-14-8-15(11-25-19(14)17)20(23)22-18-12-4-2-5-13(18)10-16(21)9-12/h3,6-8,12-13,16,18H,2,4-5,9-11,21H2,1H3,(H,22,23). The molecule has 2 atom stereocenters. The van der Waals surface area contributed by atoms with E-state index in [0.717, 1.165) is 18.4 Å². The zero-order valence-electron chi connectivity index (χ0n) is 14.7. The van der Waals surface area contributed by atoms with Gasteiger partial charge in [-0.2, -0.15) is 0 Å². The number of ether oxygens (including phenoxy) is 2. The van der Waals surface area contributed by atoms with E-state index >= 15 is 0 Å². The Balaban J connectivity index is 1.51. The van der Waals surface area contributed by atoms with Crippen LogP contribution in [0.25, 0.3) is 6.08 Å². The lowest BCUT2D eigenvalue weighted by Crippen LogP contribution is -2.54. The molecular weight excluding hydrogens is 316 g/mol. The van der Waals surface area contributed by atoms with Gasteiger partial charge in [0.05, 0.1) is 12.7 Å². The Kier molecular flexibility index (Phi) is 4.42. The lowest BCUT2D eigenvalue weighted by atomic mass is 9.67. The van der Waals surface area contributed by atoms with Crippen LogP contribution in [0.1, 0.15) is 37.7 Å². The second-order valence-electron chi connectivity index (χ2n) is 7.52. The largest absolute Gasteiger partial charge is 0.493 e. The molecule has 1 amide bonds. The summed E-state index contributed by atoms with van der Waals surface area (Å²) in [7, 11) is 1.62. The second-order valence-corrected chi connectivity index (χ2v) is 7.52. The zero-order chi connectivity index (χ0) is 17.4. The van der Waals surface area contributed by atoms with Gasteiger partial charge in [-0.25, -0.2) is 0 Å². The Morgan fingerprint density at radius 2 is 2.04 bits per heavy atom. The lowest BCUT2D eigenvalue weighted by molar-refractivity contribution is -0.120. The van der Waals surface area contributed by atoms with Crippen molar-refractivity contribution in [1.29, 1.82) is 0 Å². The van der Waals surface area contributed by atoms with Crippen LogP contribution < -0.4 is 20.5 Å². The maximum absolute atomic E-state index is 12.8. The van der Waals surface area contributed by atoms with E-state index in [1.807, 2.05) is 24.3 Å². The number of nitrogens with one attached hydrogen (secondary N) is 1. The van der Waals surface area contributed by atoms with Gasteiger partial charge in [0.15, 0.2) is 11.5 Å². The summed E-state index contributed by atoms with van der Waals surface area (Å²) in [6.07, 6.45) is 7.57. The number of benzene rings is 1. The highest BCUT2D eigenvalue weighted by Gasteiger charge is 2.40. The fraction of sp³-hybridized carbons (Fsp3) is 0.550. The summed E-state index contributed by atoms with van der Waals surface area (Å²) in [5.74, 6) is 2.43. The third-order valence-corrected chi connectivity index (χ3v) is 5.90. The Bertz CT molecular complexity index is 686. The summed E-state index contributed by atoms with van der Waals surface area (Å²) >= 11 is 0. The van der Waals surface area contributed by atoms with Crippen LogP contribution in [0.5, 0.6) is 11.5 Å². The van der Waals surface area contributed by atoms with Crippen molar-refractivity contribution in [3.8, 4) is 11.5 Å². The zero-order valence-corrected chi connectivity index (χ0v) is 14.7. The summed E-state index contributed by atoms with van der Waals surface area (Å²) in [4.78, 5) is 12.8. The van der Waals surface area contributed by atoms with Gasteiger partial charge in [-0.3, -0.25) is 4.79 Å². The molecule has 2 bridgehead atoms. The lowest BCUT2D eigenvalue weighted by Gasteiger charge is -2.45.